The molecule has 1 saturated carbocycles. The van der Waals surface area contributed by atoms with Crippen LogP contribution < -0.4 is 0 Å². The Morgan fingerprint density at radius 3 is 1.75 bits per heavy atom. The van der Waals surface area contributed by atoms with Crippen molar-refractivity contribution in [1.82, 2.24) is 0 Å². The van der Waals surface area contributed by atoms with E-state index in [4.69, 9.17) is 0 Å². The molecule has 0 bridgehead atoms. The van der Waals surface area contributed by atoms with Gasteiger partial charge >= 0.3 is 5.92 Å². The Bertz CT molecular complexity index is 221. The summed E-state index contributed by atoms with van der Waals surface area (Å²) in [6.45, 7) is 3.27. The van der Waals surface area contributed by atoms with Crippen molar-refractivity contribution >= 4 is 11.6 Å². The summed E-state index contributed by atoms with van der Waals surface area (Å²) in [4.78, 5) is 21.5. The van der Waals surface area contributed by atoms with Gasteiger partial charge in [0, 0.05) is 12.8 Å². The third kappa shape index (κ3) is 1.38. The van der Waals surface area contributed by atoms with Crippen molar-refractivity contribution in [2.24, 2.45) is 5.41 Å². The second kappa shape index (κ2) is 2.34. The lowest BCUT2D eigenvalue weighted by molar-refractivity contribution is -0.164. The van der Waals surface area contributed by atoms with E-state index in [9.17, 15) is 18.4 Å². The lowest BCUT2D eigenvalue weighted by Crippen LogP contribution is -2.47. The van der Waals surface area contributed by atoms with E-state index in [1.807, 2.05) is 0 Å². The van der Waals surface area contributed by atoms with E-state index < -0.39 is 22.9 Å². The number of halogens is 2. The van der Waals surface area contributed by atoms with Gasteiger partial charge in [0.1, 0.15) is 0 Å². The van der Waals surface area contributed by atoms with Gasteiger partial charge in [-0.2, -0.15) is 8.78 Å². The fourth-order valence-electron chi connectivity index (χ4n) is 1.31. The highest BCUT2D eigenvalue weighted by atomic mass is 19.3. The Morgan fingerprint density at radius 2 is 1.42 bits per heavy atom. The summed E-state index contributed by atoms with van der Waals surface area (Å²) in [6, 6.07) is 0. The average molecular weight is 176 g/mol. The number of alkyl halides is 2. The summed E-state index contributed by atoms with van der Waals surface area (Å²) >= 11 is 0. The molecule has 2 nitrogen and oxygen atoms in total. The Labute approximate surface area is 68.9 Å². The Kier molecular flexibility index (Phi) is 1.81. The summed E-state index contributed by atoms with van der Waals surface area (Å²) in [5.74, 6) is -6.22. The number of Topliss-reactive ketones (excluding diaryl/α,β-unsaturated/α-hetero) is 2. The van der Waals surface area contributed by atoms with Crippen LogP contribution in [0.25, 0.3) is 0 Å². The zero-order valence-corrected chi connectivity index (χ0v) is 6.99. The van der Waals surface area contributed by atoms with Crippen molar-refractivity contribution in [3.05, 3.63) is 0 Å². The molecule has 0 saturated heterocycles. The van der Waals surface area contributed by atoms with Crippen LogP contribution in [0.1, 0.15) is 26.7 Å². The summed E-state index contributed by atoms with van der Waals surface area (Å²) in [6.07, 6.45) is -0.433. The molecule has 1 rings (SSSR count). The van der Waals surface area contributed by atoms with Crippen LogP contribution >= 0.6 is 0 Å². The molecule has 0 heterocycles. The number of carbonyl (C=O) groups excluding carboxylic acids is 2. The highest BCUT2D eigenvalue weighted by molar-refractivity contribution is 6.10. The van der Waals surface area contributed by atoms with Crippen LogP contribution in [0.2, 0.25) is 0 Å². The molecule has 0 aromatic rings. The smallest absolute Gasteiger partial charge is 0.292 e. The van der Waals surface area contributed by atoms with Crippen molar-refractivity contribution in [2.45, 2.75) is 32.6 Å². The van der Waals surface area contributed by atoms with Crippen LogP contribution in [0.5, 0.6) is 0 Å². The molecule has 0 radical (unpaired) electrons. The zero-order valence-electron chi connectivity index (χ0n) is 6.99. The quantitative estimate of drug-likeness (QED) is 0.525. The summed E-state index contributed by atoms with van der Waals surface area (Å²) in [7, 11) is 0. The molecule has 0 spiro atoms. The number of ketones is 2. The maximum absolute atomic E-state index is 12.6. The molecule has 0 N–H and O–H groups in total. The fourth-order valence-corrected chi connectivity index (χ4v) is 1.31. The summed E-state index contributed by atoms with van der Waals surface area (Å²) in [5.41, 5.74) is -0.601. The molecule has 0 aromatic carbocycles. The lowest BCUT2D eigenvalue weighted by atomic mass is 9.74. The average Bonchev–Trinajstić information content (AvgIpc) is 1.82. The third-order valence-corrected chi connectivity index (χ3v) is 1.98. The monoisotopic (exact) mass is 176 g/mol. The van der Waals surface area contributed by atoms with E-state index >= 15 is 0 Å². The largest absolute Gasteiger partial charge is 0.362 e. The van der Waals surface area contributed by atoms with E-state index in [0.717, 1.165) is 0 Å². The number of rotatable bonds is 0. The van der Waals surface area contributed by atoms with E-state index in [0.29, 0.717) is 0 Å². The van der Waals surface area contributed by atoms with Crippen molar-refractivity contribution in [3.63, 3.8) is 0 Å². The van der Waals surface area contributed by atoms with Crippen molar-refractivity contribution in [3.8, 4) is 0 Å². The topological polar surface area (TPSA) is 34.1 Å². The molecule has 0 atom stereocenters. The molecule has 4 heteroatoms. The molecular weight excluding hydrogens is 166 g/mol. The molecule has 0 aromatic heterocycles. The van der Waals surface area contributed by atoms with E-state index in [2.05, 4.69) is 0 Å². The van der Waals surface area contributed by atoms with E-state index in [1.54, 1.807) is 13.8 Å². The van der Waals surface area contributed by atoms with Gasteiger partial charge in [0.05, 0.1) is 0 Å². The van der Waals surface area contributed by atoms with E-state index in [-0.39, 0.29) is 12.8 Å². The zero-order chi connectivity index (χ0) is 9.57. The van der Waals surface area contributed by atoms with Crippen molar-refractivity contribution < 1.29 is 18.4 Å². The minimum absolute atomic E-state index is 0.217. The van der Waals surface area contributed by atoms with Gasteiger partial charge < -0.3 is 0 Å². The van der Waals surface area contributed by atoms with Gasteiger partial charge in [-0.05, 0) is 5.41 Å². The van der Waals surface area contributed by atoms with Crippen LogP contribution in [0, 0.1) is 5.41 Å². The Hall–Kier alpha value is -0.800. The van der Waals surface area contributed by atoms with E-state index in [1.165, 1.54) is 0 Å². The molecule has 12 heavy (non-hydrogen) atoms. The summed E-state index contributed by atoms with van der Waals surface area (Å²) < 4.78 is 25.3. The number of hydrogen-bond acceptors (Lipinski definition) is 2. The molecule has 1 aliphatic rings. The Morgan fingerprint density at radius 1 is 1.08 bits per heavy atom. The molecular formula is C8H10F2O2. The highest BCUT2D eigenvalue weighted by Gasteiger charge is 2.53. The van der Waals surface area contributed by atoms with Crippen molar-refractivity contribution in [2.75, 3.05) is 0 Å². The number of carbonyl (C=O) groups is 2. The van der Waals surface area contributed by atoms with Gasteiger partial charge in [-0.3, -0.25) is 9.59 Å². The van der Waals surface area contributed by atoms with Crippen LogP contribution in [0.15, 0.2) is 0 Å². The SMILES string of the molecule is CC1(C)CC(=O)C(F)(F)C(=O)C1. The third-order valence-electron chi connectivity index (χ3n) is 1.98. The minimum atomic E-state index is -3.73. The second-order valence-corrected chi connectivity index (χ2v) is 3.94. The molecule has 1 fully saturated rings. The Balaban J connectivity index is 2.93. The lowest BCUT2D eigenvalue weighted by Gasteiger charge is -2.31. The van der Waals surface area contributed by atoms with Gasteiger partial charge in [0.25, 0.3) is 0 Å². The minimum Gasteiger partial charge on any atom is -0.292 e. The standard InChI is InChI=1S/C8H10F2O2/c1-7(2)3-5(11)8(9,10)6(12)4-7/h3-4H2,1-2H3. The van der Waals surface area contributed by atoms with Gasteiger partial charge in [0.15, 0.2) is 0 Å². The number of hydrogen-bond donors (Lipinski definition) is 0. The molecule has 0 aliphatic heterocycles. The summed E-state index contributed by atoms with van der Waals surface area (Å²) in [5, 5.41) is 0. The molecule has 0 unspecified atom stereocenters. The van der Waals surface area contributed by atoms with Crippen LogP contribution in [0.3, 0.4) is 0 Å². The fraction of sp³-hybridized carbons (Fsp3) is 0.750. The first kappa shape index (κ1) is 9.29. The maximum atomic E-state index is 12.6. The van der Waals surface area contributed by atoms with Gasteiger partial charge in [-0.15, -0.1) is 0 Å². The predicted octanol–water partition coefficient (Wildman–Crippen LogP) is 1.58. The first-order valence-corrected chi connectivity index (χ1v) is 3.70. The maximum Gasteiger partial charge on any atom is 0.362 e. The molecule has 68 valence electrons. The van der Waals surface area contributed by atoms with Crippen molar-refractivity contribution in [1.29, 1.82) is 0 Å². The van der Waals surface area contributed by atoms with Gasteiger partial charge in [-0.25, -0.2) is 0 Å². The first-order valence-electron chi connectivity index (χ1n) is 3.70. The molecule has 0 amide bonds. The van der Waals surface area contributed by atoms with Crippen LogP contribution in [-0.4, -0.2) is 17.5 Å². The highest BCUT2D eigenvalue weighted by Crippen LogP contribution is 2.38. The first-order chi connectivity index (χ1) is 5.26. The van der Waals surface area contributed by atoms with Crippen LogP contribution in [-0.2, 0) is 9.59 Å². The normalized spacial score (nSPS) is 27.3. The van der Waals surface area contributed by atoms with Gasteiger partial charge in [-0.1, -0.05) is 13.8 Å². The molecule has 1 aliphatic carbocycles. The van der Waals surface area contributed by atoms with Crippen LogP contribution in [0.4, 0.5) is 8.78 Å². The second-order valence-electron chi connectivity index (χ2n) is 3.94. The van der Waals surface area contributed by atoms with Gasteiger partial charge in [0.2, 0.25) is 11.6 Å². The predicted molar refractivity (Wildman–Crippen MR) is 38.0 cm³/mol.